The van der Waals surface area contributed by atoms with Gasteiger partial charge in [-0.25, -0.2) is 0 Å². The van der Waals surface area contributed by atoms with Gasteiger partial charge in [-0.1, -0.05) is 18.2 Å². The van der Waals surface area contributed by atoms with Crippen LogP contribution in [0.3, 0.4) is 0 Å². The van der Waals surface area contributed by atoms with Gasteiger partial charge < -0.3 is 9.30 Å². The number of nitrogens with zero attached hydrogens (tertiary/aromatic N) is 2. The van der Waals surface area contributed by atoms with Crippen LogP contribution in [0.2, 0.25) is 0 Å². The largest absolute Gasteiger partial charge is 0.495 e. The third-order valence-corrected chi connectivity index (χ3v) is 6.38. The molecule has 0 amide bonds. The molecule has 0 N–H and O–H groups in total. The predicted octanol–water partition coefficient (Wildman–Crippen LogP) is 3.00. The van der Waals surface area contributed by atoms with E-state index in [4.69, 9.17) is 4.74 Å². The zero-order chi connectivity index (χ0) is 16.6. The highest BCUT2D eigenvalue weighted by atomic mass is 16.5. The summed E-state index contributed by atoms with van der Waals surface area (Å²) in [6, 6.07) is 6.66. The fourth-order valence-electron chi connectivity index (χ4n) is 5.31. The Hall–Kier alpha value is -2.07. The number of carbonyl (C=O) groups is 1. The van der Waals surface area contributed by atoms with Crippen molar-refractivity contribution in [3.8, 4) is 5.75 Å². The molecule has 1 unspecified atom stereocenters. The molecular formula is C20H22N2O2. The Kier molecular flexibility index (Phi) is 2.82. The lowest BCUT2D eigenvalue weighted by atomic mass is 9.69. The molecular weight excluding hydrogens is 300 g/mol. The van der Waals surface area contributed by atoms with Gasteiger partial charge in [0.25, 0.3) is 0 Å². The Bertz CT molecular complexity index is 908. The van der Waals surface area contributed by atoms with E-state index >= 15 is 0 Å². The zero-order valence-corrected chi connectivity index (χ0v) is 14.4. The number of aryl methyl sites for hydroxylation is 1. The highest BCUT2D eigenvalue weighted by molar-refractivity contribution is 5.95. The summed E-state index contributed by atoms with van der Waals surface area (Å²) in [6.07, 6.45) is 3.91. The van der Waals surface area contributed by atoms with Crippen molar-refractivity contribution in [1.29, 1.82) is 0 Å². The number of fused-ring (bicyclic) bond motifs is 4. The Morgan fingerprint density at radius 3 is 2.88 bits per heavy atom. The minimum atomic E-state index is 0.0572. The quantitative estimate of drug-likeness (QED) is 0.757. The molecule has 0 saturated carbocycles. The van der Waals surface area contributed by atoms with Gasteiger partial charge in [0.2, 0.25) is 0 Å². The van der Waals surface area contributed by atoms with Gasteiger partial charge in [-0.3, -0.25) is 9.69 Å². The first-order chi connectivity index (χ1) is 11.7. The summed E-state index contributed by atoms with van der Waals surface area (Å²) >= 11 is 0. The van der Waals surface area contributed by atoms with Crippen molar-refractivity contribution in [2.75, 3.05) is 13.7 Å². The average Bonchev–Trinajstić information content (AvgIpc) is 2.90. The minimum absolute atomic E-state index is 0.0572. The Morgan fingerprint density at radius 2 is 2.12 bits per heavy atom. The fraction of sp³-hybridized carbons (Fsp3) is 0.450. The van der Waals surface area contributed by atoms with Crippen molar-refractivity contribution >= 4 is 16.7 Å². The molecule has 124 valence electrons. The first-order valence-corrected chi connectivity index (χ1v) is 8.74. The number of rotatable bonds is 1. The molecule has 1 aromatic carbocycles. The summed E-state index contributed by atoms with van der Waals surface area (Å²) < 4.78 is 7.91. The number of piperidine rings is 3. The van der Waals surface area contributed by atoms with Gasteiger partial charge in [-0.2, -0.15) is 0 Å². The second-order valence-electron chi connectivity index (χ2n) is 7.24. The first-order valence-electron chi connectivity index (χ1n) is 8.74. The summed E-state index contributed by atoms with van der Waals surface area (Å²) in [5, 5.41) is 1.25. The van der Waals surface area contributed by atoms with Gasteiger partial charge in [-0.05, 0) is 37.0 Å². The number of ether oxygens (including phenoxy) is 1. The molecule has 4 nitrogen and oxygen atoms in total. The molecule has 1 aromatic heterocycles. The molecule has 0 spiro atoms. The van der Waals surface area contributed by atoms with Crippen LogP contribution in [0.1, 0.15) is 30.6 Å². The number of hydrogen-bond acceptors (Lipinski definition) is 3. The van der Waals surface area contributed by atoms with E-state index in [0.717, 1.165) is 30.7 Å². The topological polar surface area (TPSA) is 34.5 Å². The molecule has 2 aromatic rings. The SMILES string of the molecule is C/C=C1/CN2[C@H]3Cc4c(n(C)c5c(OC)cccc45)[C@@H]2C[C@@H]1C3=O. The lowest BCUT2D eigenvalue weighted by Crippen LogP contribution is -2.60. The fourth-order valence-corrected chi connectivity index (χ4v) is 5.31. The standard InChI is InChI=1S/C20H22N2O2/c1-4-11-10-22-15-8-13(11)20(23)16(22)9-14-12-6-5-7-17(24-3)19(12)21(2)18(14)15/h4-7,13,15-16H,8-10H2,1-3H3/b11-4-/t13-,15-,16-/m0/s1. The van der Waals surface area contributed by atoms with Crippen molar-refractivity contribution in [2.45, 2.75) is 31.8 Å². The van der Waals surface area contributed by atoms with Crippen LogP contribution in [-0.2, 0) is 18.3 Å². The van der Waals surface area contributed by atoms with Crippen LogP contribution in [0.5, 0.6) is 5.75 Å². The van der Waals surface area contributed by atoms with E-state index in [1.807, 2.05) is 6.07 Å². The summed E-state index contributed by atoms with van der Waals surface area (Å²) in [6.45, 7) is 3.01. The van der Waals surface area contributed by atoms with E-state index in [9.17, 15) is 4.79 Å². The number of carbonyl (C=O) groups excluding carboxylic acids is 1. The van der Waals surface area contributed by atoms with Crippen LogP contribution in [0.15, 0.2) is 29.8 Å². The van der Waals surface area contributed by atoms with E-state index in [-0.39, 0.29) is 12.0 Å². The summed E-state index contributed by atoms with van der Waals surface area (Å²) in [5.74, 6) is 1.47. The van der Waals surface area contributed by atoms with Crippen molar-refractivity contribution in [1.82, 2.24) is 9.47 Å². The van der Waals surface area contributed by atoms with E-state index in [1.54, 1.807) is 7.11 Å². The van der Waals surface area contributed by atoms with Crippen molar-refractivity contribution in [3.63, 3.8) is 0 Å². The molecule has 0 radical (unpaired) electrons. The van der Waals surface area contributed by atoms with Crippen molar-refractivity contribution < 1.29 is 9.53 Å². The number of aromatic nitrogens is 1. The van der Waals surface area contributed by atoms with Gasteiger partial charge >= 0.3 is 0 Å². The molecule has 3 fully saturated rings. The summed E-state index contributed by atoms with van der Waals surface area (Å²) in [4.78, 5) is 15.4. The minimum Gasteiger partial charge on any atom is -0.495 e. The molecule has 4 bridgehead atoms. The normalized spacial score (nSPS) is 32.5. The van der Waals surface area contributed by atoms with E-state index in [2.05, 4.69) is 41.6 Å². The van der Waals surface area contributed by atoms with E-state index in [1.165, 1.54) is 22.2 Å². The highest BCUT2D eigenvalue weighted by Crippen LogP contribution is 2.51. The smallest absolute Gasteiger partial charge is 0.157 e. The maximum absolute atomic E-state index is 12.9. The van der Waals surface area contributed by atoms with Gasteiger partial charge in [-0.15, -0.1) is 0 Å². The van der Waals surface area contributed by atoms with E-state index in [0.29, 0.717) is 11.8 Å². The molecule has 4 atom stereocenters. The molecule has 24 heavy (non-hydrogen) atoms. The summed E-state index contributed by atoms with van der Waals surface area (Å²) in [5.41, 5.74) is 5.22. The Labute approximate surface area is 141 Å². The van der Waals surface area contributed by atoms with Crippen LogP contribution in [0, 0.1) is 5.92 Å². The van der Waals surface area contributed by atoms with Gasteiger partial charge in [0.1, 0.15) is 5.75 Å². The van der Waals surface area contributed by atoms with Crippen LogP contribution in [0.25, 0.3) is 10.9 Å². The van der Waals surface area contributed by atoms with Crippen LogP contribution < -0.4 is 4.74 Å². The number of methoxy groups -OCH3 is 1. The monoisotopic (exact) mass is 322 g/mol. The first kappa shape index (κ1) is 14.3. The molecule has 0 aliphatic carbocycles. The lowest BCUT2D eigenvalue weighted by Gasteiger charge is -2.53. The summed E-state index contributed by atoms with van der Waals surface area (Å²) in [7, 11) is 3.87. The maximum atomic E-state index is 12.9. The number of hydrogen-bond donors (Lipinski definition) is 0. The van der Waals surface area contributed by atoms with Gasteiger partial charge in [0.05, 0.1) is 24.7 Å². The molecule has 4 heteroatoms. The van der Waals surface area contributed by atoms with Crippen molar-refractivity contribution in [2.24, 2.45) is 13.0 Å². The molecule has 4 aliphatic rings. The number of ketones is 1. The molecule has 5 heterocycles. The number of allylic oxidation sites excluding steroid dienone is 1. The van der Waals surface area contributed by atoms with Crippen LogP contribution in [-0.4, -0.2) is 34.9 Å². The number of Topliss-reactive ketones (excluding diaryl/α,β-unsaturated/α-hetero) is 1. The Morgan fingerprint density at radius 1 is 1.29 bits per heavy atom. The van der Waals surface area contributed by atoms with Crippen LogP contribution in [0.4, 0.5) is 0 Å². The second-order valence-corrected chi connectivity index (χ2v) is 7.24. The number of benzene rings is 1. The maximum Gasteiger partial charge on any atom is 0.157 e. The predicted molar refractivity (Wildman–Crippen MR) is 93.3 cm³/mol. The van der Waals surface area contributed by atoms with Gasteiger partial charge in [0, 0.05) is 30.6 Å². The molecule has 3 saturated heterocycles. The number of para-hydroxylation sites is 1. The molecule has 4 aliphatic heterocycles. The van der Waals surface area contributed by atoms with E-state index < -0.39 is 0 Å². The lowest BCUT2D eigenvalue weighted by molar-refractivity contribution is -0.137. The van der Waals surface area contributed by atoms with Gasteiger partial charge in [0.15, 0.2) is 5.78 Å². The Balaban J connectivity index is 1.76. The third kappa shape index (κ3) is 1.55. The molecule has 6 rings (SSSR count). The van der Waals surface area contributed by atoms with Crippen molar-refractivity contribution in [3.05, 3.63) is 41.1 Å². The van der Waals surface area contributed by atoms with Crippen LogP contribution >= 0.6 is 0 Å². The average molecular weight is 322 g/mol. The second kappa shape index (κ2) is 4.73. The highest BCUT2D eigenvalue weighted by Gasteiger charge is 2.52. The zero-order valence-electron chi connectivity index (χ0n) is 14.4. The third-order valence-electron chi connectivity index (χ3n) is 6.38.